The van der Waals surface area contributed by atoms with Gasteiger partial charge >= 0.3 is 5.56 Å². The molecular formula is C12H12ClN3O2. The molecule has 0 radical (unpaired) electrons. The van der Waals surface area contributed by atoms with Crippen LogP contribution in [0.15, 0.2) is 35.4 Å². The lowest BCUT2D eigenvalue weighted by molar-refractivity contribution is 0.448. The number of aryl methyl sites for hydroxylation is 1. The van der Waals surface area contributed by atoms with Gasteiger partial charge in [0.15, 0.2) is 0 Å². The normalized spacial score (nSPS) is 10.4. The second-order valence-corrected chi connectivity index (χ2v) is 4.12. The second kappa shape index (κ2) is 5.20. The van der Waals surface area contributed by atoms with E-state index in [4.69, 9.17) is 22.1 Å². The maximum Gasteiger partial charge on any atom is 0.313 e. The molecular weight excluding hydrogens is 254 g/mol. The van der Waals surface area contributed by atoms with E-state index in [2.05, 4.69) is 4.98 Å². The van der Waals surface area contributed by atoms with Crippen LogP contribution >= 0.6 is 11.6 Å². The van der Waals surface area contributed by atoms with E-state index in [0.717, 1.165) is 5.56 Å². The van der Waals surface area contributed by atoms with Crippen LogP contribution in [0.3, 0.4) is 0 Å². The summed E-state index contributed by atoms with van der Waals surface area (Å²) in [5.41, 5.74) is 6.02. The van der Waals surface area contributed by atoms with Gasteiger partial charge < -0.3 is 15.0 Å². The predicted octanol–water partition coefficient (Wildman–Crippen LogP) is 1.68. The lowest BCUT2D eigenvalue weighted by Crippen LogP contribution is -2.18. The molecule has 18 heavy (non-hydrogen) atoms. The van der Waals surface area contributed by atoms with Crippen LogP contribution in [-0.4, -0.2) is 9.55 Å². The number of rotatable bonds is 3. The third kappa shape index (κ3) is 2.52. The number of halogens is 1. The fourth-order valence-electron chi connectivity index (χ4n) is 1.41. The van der Waals surface area contributed by atoms with Gasteiger partial charge in [0.25, 0.3) is 5.88 Å². The van der Waals surface area contributed by atoms with E-state index in [1.807, 2.05) is 0 Å². The molecule has 0 aliphatic carbocycles. The summed E-state index contributed by atoms with van der Waals surface area (Å²) in [7, 11) is 1.63. The summed E-state index contributed by atoms with van der Waals surface area (Å²) >= 11 is 6.00. The highest BCUT2D eigenvalue weighted by Gasteiger charge is 2.07. The fraction of sp³-hybridized carbons (Fsp3) is 0.167. The minimum absolute atomic E-state index is 0.0107. The minimum Gasteiger partial charge on any atom is -0.435 e. The second-order valence-electron chi connectivity index (χ2n) is 3.71. The topological polar surface area (TPSA) is 70.1 Å². The van der Waals surface area contributed by atoms with E-state index >= 15 is 0 Å². The molecule has 0 aliphatic heterocycles. The summed E-state index contributed by atoms with van der Waals surface area (Å²) in [6.45, 7) is 0.352. The van der Waals surface area contributed by atoms with Gasteiger partial charge in [-0.15, -0.1) is 0 Å². The first-order chi connectivity index (χ1) is 8.61. The number of nitrogens with zero attached hydrogens (tertiary/aromatic N) is 2. The average molecular weight is 266 g/mol. The Hall–Kier alpha value is -1.85. The molecule has 0 saturated heterocycles. The van der Waals surface area contributed by atoms with Crippen LogP contribution in [0.1, 0.15) is 5.56 Å². The van der Waals surface area contributed by atoms with Crippen molar-refractivity contribution in [3.05, 3.63) is 51.5 Å². The van der Waals surface area contributed by atoms with Crippen molar-refractivity contribution in [2.45, 2.75) is 6.54 Å². The SMILES string of the molecule is Cn1ccnc(Oc2ccc(CN)c(Cl)c2)c1=O. The van der Waals surface area contributed by atoms with Crippen LogP contribution in [0.4, 0.5) is 0 Å². The Morgan fingerprint density at radius 3 is 2.94 bits per heavy atom. The molecule has 0 bridgehead atoms. The first kappa shape index (κ1) is 12.6. The first-order valence-corrected chi connectivity index (χ1v) is 5.67. The zero-order valence-corrected chi connectivity index (χ0v) is 10.5. The standard InChI is InChI=1S/C12H12ClN3O2/c1-16-5-4-15-11(12(16)17)18-9-3-2-8(7-14)10(13)6-9/h2-6H,7,14H2,1H3. The highest BCUT2D eigenvalue weighted by atomic mass is 35.5. The van der Waals surface area contributed by atoms with Crippen LogP contribution < -0.4 is 16.0 Å². The molecule has 5 nitrogen and oxygen atoms in total. The smallest absolute Gasteiger partial charge is 0.313 e. The third-order valence-electron chi connectivity index (χ3n) is 2.44. The van der Waals surface area contributed by atoms with Gasteiger partial charge in [-0.25, -0.2) is 4.98 Å². The molecule has 2 N–H and O–H groups in total. The number of aromatic nitrogens is 2. The van der Waals surface area contributed by atoms with Crippen LogP contribution in [0.2, 0.25) is 5.02 Å². The Labute approximate surface area is 109 Å². The Bertz CT molecular complexity index is 625. The van der Waals surface area contributed by atoms with E-state index < -0.39 is 0 Å². The van der Waals surface area contributed by atoms with E-state index in [0.29, 0.717) is 17.3 Å². The van der Waals surface area contributed by atoms with Crippen molar-refractivity contribution in [3.8, 4) is 11.6 Å². The number of hydrogen-bond donors (Lipinski definition) is 1. The minimum atomic E-state index is -0.309. The van der Waals surface area contributed by atoms with E-state index in [9.17, 15) is 4.79 Å². The van der Waals surface area contributed by atoms with Crippen LogP contribution in [0.5, 0.6) is 11.6 Å². The summed E-state index contributed by atoms with van der Waals surface area (Å²) in [4.78, 5) is 15.6. The molecule has 0 atom stereocenters. The fourth-order valence-corrected chi connectivity index (χ4v) is 1.66. The lowest BCUT2D eigenvalue weighted by atomic mass is 10.2. The van der Waals surface area contributed by atoms with E-state index in [-0.39, 0.29) is 11.4 Å². The van der Waals surface area contributed by atoms with Crippen molar-refractivity contribution >= 4 is 11.6 Å². The third-order valence-corrected chi connectivity index (χ3v) is 2.80. The maximum absolute atomic E-state index is 11.7. The molecule has 1 heterocycles. The number of hydrogen-bond acceptors (Lipinski definition) is 4. The van der Waals surface area contributed by atoms with Crippen molar-refractivity contribution in [3.63, 3.8) is 0 Å². The average Bonchev–Trinajstić information content (AvgIpc) is 2.35. The van der Waals surface area contributed by atoms with Crippen molar-refractivity contribution < 1.29 is 4.74 Å². The largest absolute Gasteiger partial charge is 0.435 e. The van der Waals surface area contributed by atoms with E-state index in [1.165, 1.54) is 10.8 Å². The molecule has 2 aromatic rings. The molecule has 1 aromatic carbocycles. The zero-order chi connectivity index (χ0) is 13.1. The van der Waals surface area contributed by atoms with Crippen molar-refractivity contribution in [1.29, 1.82) is 0 Å². The molecule has 0 aliphatic rings. The van der Waals surface area contributed by atoms with Crippen LogP contribution in [-0.2, 0) is 13.6 Å². The summed E-state index contributed by atoms with van der Waals surface area (Å²) < 4.78 is 6.79. The molecule has 94 valence electrons. The van der Waals surface area contributed by atoms with Gasteiger partial charge in [0.05, 0.1) is 0 Å². The van der Waals surface area contributed by atoms with Crippen LogP contribution in [0, 0.1) is 0 Å². The Morgan fingerprint density at radius 2 is 2.28 bits per heavy atom. The quantitative estimate of drug-likeness (QED) is 0.917. The Morgan fingerprint density at radius 1 is 1.50 bits per heavy atom. The van der Waals surface area contributed by atoms with Gasteiger partial charge in [0, 0.05) is 31.0 Å². The summed E-state index contributed by atoms with van der Waals surface area (Å²) in [5, 5.41) is 0.503. The van der Waals surface area contributed by atoms with Crippen LogP contribution in [0.25, 0.3) is 0 Å². The molecule has 0 fully saturated rings. The molecule has 2 rings (SSSR count). The summed E-state index contributed by atoms with van der Waals surface area (Å²) in [6, 6.07) is 5.06. The van der Waals surface area contributed by atoms with Crippen molar-refractivity contribution in [1.82, 2.24) is 9.55 Å². The van der Waals surface area contributed by atoms with Crippen molar-refractivity contribution in [2.75, 3.05) is 0 Å². The highest BCUT2D eigenvalue weighted by Crippen LogP contribution is 2.24. The molecule has 0 spiro atoms. The summed E-state index contributed by atoms with van der Waals surface area (Å²) in [6.07, 6.45) is 3.05. The Kier molecular flexibility index (Phi) is 3.64. The van der Waals surface area contributed by atoms with Gasteiger partial charge in [0.2, 0.25) is 0 Å². The van der Waals surface area contributed by atoms with Crippen molar-refractivity contribution in [2.24, 2.45) is 12.8 Å². The summed E-state index contributed by atoms with van der Waals surface area (Å²) in [5.74, 6) is 0.463. The monoisotopic (exact) mass is 265 g/mol. The highest BCUT2D eigenvalue weighted by molar-refractivity contribution is 6.31. The van der Waals surface area contributed by atoms with Gasteiger partial charge in [0.1, 0.15) is 5.75 Å². The maximum atomic E-state index is 11.7. The lowest BCUT2D eigenvalue weighted by Gasteiger charge is -2.07. The van der Waals surface area contributed by atoms with Gasteiger partial charge in [-0.2, -0.15) is 0 Å². The zero-order valence-electron chi connectivity index (χ0n) is 9.76. The van der Waals surface area contributed by atoms with E-state index in [1.54, 1.807) is 31.4 Å². The first-order valence-electron chi connectivity index (χ1n) is 5.30. The molecule has 6 heteroatoms. The molecule has 0 unspecified atom stereocenters. The molecule has 0 saturated carbocycles. The van der Waals surface area contributed by atoms with Gasteiger partial charge in [-0.3, -0.25) is 4.79 Å². The van der Waals surface area contributed by atoms with Gasteiger partial charge in [-0.05, 0) is 17.7 Å². The Balaban J connectivity index is 2.32. The molecule has 1 aromatic heterocycles. The number of nitrogens with two attached hydrogens (primary N) is 1. The van der Waals surface area contributed by atoms with Gasteiger partial charge in [-0.1, -0.05) is 17.7 Å². The number of ether oxygens (including phenoxy) is 1. The molecule has 0 amide bonds. The number of benzene rings is 1. The predicted molar refractivity (Wildman–Crippen MR) is 68.9 cm³/mol.